The molecule has 2 aromatic carbocycles. The maximum Gasteiger partial charge on any atom is 0.286 e. The van der Waals surface area contributed by atoms with Crippen molar-refractivity contribution in [2.45, 2.75) is 19.8 Å². The highest BCUT2D eigenvalue weighted by molar-refractivity contribution is 6.36. The monoisotopic (exact) mass is 416 g/mol. The largest absolute Gasteiger partial charge is 0.286 e. The molecule has 1 heterocycles. The van der Waals surface area contributed by atoms with Crippen LogP contribution in [0.5, 0.6) is 0 Å². The molecule has 0 aliphatic heterocycles. The summed E-state index contributed by atoms with van der Waals surface area (Å²) < 4.78 is 1.65. The molecule has 146 valence electrons. The Hall–Kier alpha value is -2.08. The van der Waals surface area contributed by atoms with Crippen LogP contribution in [0.15, 0.2) is 36.4 Å². The highest BCUT2D eigenvalue weighted by Crippen LogP contribution is 2.35. The Morgan fingerprint density at radius 1 is 1.25 bits per heavy atom. The zero-order valence-electron chi connectivity index (χ0n) is 15.9. The third-order valence-corrected chi connectivity index (χ3v) is 5.67. The molecule has 0 unspecified atom stereocenters. The van der Waals surface area contributed by atoms with Crippen molar-refractivity contribution in [1.29, 1.82) is 0 Å². The van der Waals surface area contributed by atoms with Gasteiger partial charge in [-0.3, -0.25) is 14.5 Å². The number of hydrogen-bond acceptors (Lipinski definition) is 3. The Morgan fingerprint density at radius 2 is 2.04 bits per heavy atom. The van der Waals surface area contributed by atoms with E-state index in [1.54, 1.807) is 28.9 Å². The second-order valence-corrected chi connectivity index (χ2v) is 8.00. The van der Waals surface area contributed by atoms with Gasteiger partial charge in [0.05, 0.1) is 0 Å². The quantitative estimate of drug-likeness (QED) is 0.579. The molecule has 1 aliphatic carbocycles. The lowest BCUT2D eigenvalue weighted by atomic mass is 10.0. The Bertz CT molecular complexity index is 1040. The van der Waals surface area contributed by atoms with Gasteiger partial charge in [0.15, 0.2) is 0 Å². The van der Waals surface area contributed by atoms with Gasteiger partial charge in [-0.1, -0.05) is 47.5 Å². The molecule has 0 radical (unpaired) electrons. The molecule has 4 rings (SSSR count). The van der Waals surface area contributed by atoms with Crippen LogP contribution in [0.25, 0.3) is 22.0 Å². The van der Waals surface area contributed by atoms with E-state index in [0.717, 1.165) is 28.6 Å². The minimum Gasteiger partial charge on any atom is -0.273 e. The number of fused-ring (bicyclic) bond motifs is 1. The third kappa shape index (κ3) is 3.62. The predicted molar refractivity (Wildman–Crippen MR) is 114 cm³/mol. The molecule has 1 saturated carbocycles. The number of benzene rings is 2. The molecule has 7 heteroatoms. The summed E-state index contributed by atoms with van der Waals surface area (Å²) in [6.45, 7) is 3.39. The van der Waals surface area contributed by atoms with Gasteiger partial charge >= 0.3 is 0 Å². The summed E-state index contributed by atoms with van der Waals surface area (Å²) >= 11 is 12.5. The number of rotatable bonds is 6. The summed E-state index contributed by atoms with van der Waals surface area (Å²) in [4.78, 5) is 13.2. The highest BCUT2D eigenvalue weighted by Gasteiger charge is 2.26. The number of hydrogen-bond donors (Lipinski definition) is 1. The third-order valence-electron chi connectivity index (χ3n) is 5.12. The summed E-state index contributed by atoms with van der Waals surface area (Å²) in [7, 11) is 1.80. The molecule has 0 saturated heterocycles. The lowest BCUT2D eigenvalue weighted by Crippen LogP contribution is -2.44. The van der Waals surface area contributed by atoms with Crippen molar-refractivity contribution in [1.82, 2.24) is 20.2 Å². The fraction of sp³-hybridized carbons (Fsp3) is 0.333. The number of amides is 1. The van der Waals surface area contributed by atoms with E-state index >= 15 is 0 Å². The van der Waals surface area contributed by atoms with Crippen molar-refractivity contribution in [3.8, 4) is 11.1 Å². The van der Waals surface area contributed by atoms with E-state index in [-0.39, 0.29) is 5.91 Å². The lowest BCUT2D eigenvalue weighted by molar-refractivity contribution is 0.0659. The second kappa shape index (κ2) is 7.74. The van der Waals surface area contributed by atoms with Gasteiger partial charge in [-0.05, 0) is 37.8 Å². The first-order valence-electron chi connectivity index (χ1n) is 9.46. The van der Waals surface area contributed by atoms with Crippen LogP contribution >= 0.6 is 23.2 Å². The molecule has 1 amide bonds. The number of carbonyl (C=O) groups excluding carboxylic acids is 1. The van der Waals surface area contributed by atoms with Crippen molar-refractivity contribution in [3.05, 3.63) is 52.1 Å². The zero-order valence-corrected chi connectivity index (χ0v) is 17.4. The number of halogens is 2. The van der Waals surface area contributed by atoms with E-state index in [0.29, 0.717) is 28.2 Å². The first-order valence-corrected chi connectivity index (χ1v) is 10.2. The number of hydrazine groups is 1. The maximum absolute atomic E-state index is 13.2. The normalized spacial score (nSPS) is 13.9. The molecule has 0 atom stereocenters. The molecule has 0 bridgehead atoms. The van der Waals surface area contributed by atoms with Gasteiger partial charge in [0, 0.05) is 46.7 Å². The molecular weight excluding hydrogens is 395 g/mol. The molecule has 28 heavy (non-hydrogen) atoms. The molecule has 1 N–H and O–H groups in total. The van der Waals surface area contributed by atoms with Gasteiger partial charge in [0.2, 0.25) is 0 Å². The van der Waals surface area contributed by atoms with Crippen LogP contribution in [0, 0.1) is 5.92 Å². The average Bonchev–Trinajstić information content (AvgIpc) is 3.42. The van der Waals surface area contributed by atoms with Gasteiger partial charge in [-0.25, -0.2) is 5.43 Å². The van der Waals surface area contributed by atoms with E-state index in [1.165, 1.54) is 12.8 Å². The SMILES string of the molecule is CCN(NCC1CC1)C(=O)c1c2cccc(-c3ccc(Cl)cc3Cl)c2nn1C. The topological polar surface area (TPSA) is 50.2 Å². The van der Waals surface area contributed by atoms with Crippen molar-refractivity contribution in [2.75, 3.05) is 13.1 Å². The van der Waals surface area contributed by atoms with Crippen LogP contribution < -0.4 is 5.43 Å². The number of aryl methyl sites for hydroxylation is 1. The van der Waals surface area contributed by atoms with Crippen molar-refractivity contribution in [2.24, 2.45) is 13.0 Å². The van der Waals surface area contributed by atoms with Gasteiger partial charge in [0.25, 0.3) is 5.91 Å². The summed E-state index contributed by atoms with van der Waals surface area (Å²) in [5.41, 5.74) is 6.31. The lowest BCUT2D eigenvalue weighted by Gasteiger charge is -2.22. The minimum atomic E-state index is -0.0764. The van der Waals surface area contributed by atoms with Gasteiger partial charge in [0.1, 0.15) is 11.2 Å². The maximum atomic E-state index is 13.2. The Balaban J connectivity index is 1.76. The molecule has 1 fully saturated rings. The summed E-state index contributed by atoms with van der Waals surface area (Å²) in [5, 5.41) is 8.27. The van der Waals surface area contributed by atoms with Gasteiger partial charge in [-0.2, -0.15) is 5.10 Å². The van der Waals surface area contributed by atoms with Crippen LogP contribution in [-0.2, 0) is 7.05 Å². The Kier molecular flexibility index (Phi) is 5.32. The van der Waals surface area contributed by atoms with E-state index in [2.05, 4.69) is 10.5 Å². The summed E-state index contributed by atoms with van der Waals surface area (Å²) in [5.74, 6) is 0.608. The van der Waals surface area contributed by atoms with Crippen LogP contribution in [-0.4, -0.2) is 33.8 Å². The second-order valence-electron chi connectivity index (χ2n) is 7.15. The molecule has 5 nitrogen and oxygen atoms in total. The van der Waals surface area contributed by atoms with Gasteiger partial charge in [-0.15, -0.1) is 0 Å². The fourth-order valence-corrected chi connectivity index (χ4v) is 3.92. The van der Waals surface area contributed by atoms with E-state index < -0.39 is 0 Å². The van der Waals surface area contributed by atoms with Gasteiger partial charge < -0.3 is 0 Å². The number of nitrogens with zero attached hydrogens (tertiary/aromatic N) is 3. The van der Waals surface area contributed by atoms with Crippen LogP contribution in [0.1, 0.15) is 30.3 Å². The van der Waals surface area contributed by atoms with Crippen LogP contribution in [0.4, 0.5) is 0 Å². The van der Waals surface area contributed by atoms with E-state index in [9.17, 15) is 4.79 Å². The molecular formula is C21H22Cl2N4O. The average molecular weight is 417 g/mol. The van der Waals surface area contributed by atoms with E-state index in [1.807, 2.05) is 31.2 Å². The fourth-order valence-electron chi connectivity index (χ4n) is 3.41. The Labute approximate surface area is 174 Å². The smallest absolute Gasteiger partial charge is 0.273 e. The number of aromatic nitrogens is 2. The highest BCUT2D eigenvalue weighted by atomic mass is 35.5. The summed E-state index contributed by atoms with van der Waals surface area (Å²) in [6.07, 6.45) is 2.47. The zero-order chi connectivity index (χ0) is 19.8. The molecule has 3 aromatic rings. The molecule has 1 aliphatic rings. The van der Waals surface area contributed by atoms with Crippen LogP contribution in [0.2, 0.25) is 10.0 Å². The first-order chi connectivity index (χ1) is 13.5. The van der Waals surface area contributed by atoms with Crippen molar-refractivity contribution >= 4 is 40.0 Å². The van der Waals surface area contributed by atoms with Crippen molar-refractivity contribution in [3.63, 3.8) is 0 Å². The van der Waals surface area contributed by atoms with E-state index in [4.69, 9.17) is 23.2 Å². The Morgan fingerprint density at radius 3 is 2.71 bits per heavy atom. The minimum absolute atomic E-state index is 0.0764. The standard InChI is InChI=1S/C21H22Cl2N4O/c1-3-27(24-12-13-7-8-13)21(28)20-17-6-4-5-16(19(17)25-26(20)2)15-10-9-14(22)11-18(15)23/h4-6,9-11,13,24H,3,7-8,12H2,1-2H3. The van der Waals surface area contributed by atoms with Crippen LogP contribution in [0.3, 0.4) is 0 Å². The molecule has 0 spiro atoms. The first kappa shape index (κ1) is 19.2. The predicted octanol–water partition coefficient (Wildman–Crippen LogP) is 4.92. The summed E-state index contributed by atoms with van der Waals surface area (Å²) in [6, 6.07) is 11.2. The molecule has 1 aromatic heterocycles. The number of nitrogens with one attached hydrogen (secondary N) is 1. The van der Waals surface area contributed by atoms with Crippen molar-refractivity contribution < 1.29 is 4.79 Å². The number of carbonyl (C=O) groups is 1.